The predicted molar refractivity (Wildman–Crippen MR) is 121 cm³/mol. The molecule has 2 heterocycles. The van der Waals surface area contributed by atoms with Gasteiger partial charge in [0.1, 0.15) is 18.5 Å². The van der Waals surface area contributed by atoms with Crippen molar-refractivity contribution in [1.29, 1.82) is 0 Å². The van der Waals surface area contributed by atoms with E-state index in [1.807, 2.05) is 6.92 Å². The summed E-state index contributed by atoms with van der Waals surface area (Å²) >= 11 is 0. The fourth-order valence-electron chi connectivity index (χ4n) is 4.29. The zero-order valence-electron chi connectivity index (χ0n) is 19.2. The van der Waals surface area contributed by atoms with E-state index in [2.05, 4.69) is 27.0 Å². The average Bonchev–Trinajstić information content (AvgIpc) is 3.21. The summed E-state index contributed by atoms with van der Waals surface area (Å²) in [5, 5.41) is 3.54. The Kier molecular flexibility index (Phi) is 8.26. The number of guanidine groups is 1. The summed E-state index contributed by atoms with van der Waals surface area (Å²) in [5.74, 6) is 0.444. The van der Waals surface area contributed by atoms with Crippen LogP contribution in [0.1, 0.15) is 38.4 Å². The molecule has 1 N–H and O–H groups in total. The third kappa shape index (κ3) is 6.40. The quantitative estimate of drug-likeness (QED) is 0.550. The highest BCUT2D eigenvalue weighted by Gasteiger charge is 2.30. The van der Waals surface area contributed by atoms with Crippen LogP contribution >= 0.6 is 0 Å². The van der Waals surface area contributed by atoms with Crippen molar-refractivity contribution in [1.82, 2.24) is 20.0 Å². The molecule has 2 aliphatic rings. The van der Waals surface area contributed by atoms with Crippen LogP contribution in [-0.2, 0) is 9.53 Å². The molecule has 3 rings (SSSR count). The van der Waals surface area contributed by atoms with Crippen molar-refractivity contribution in [3.63, 3.8) is 0 Å². The number of halogens is 1. The van der Waals surface area contributed by atoms with E-state index in [1.165, 1.54) is 25.0 Å². The number of morpholine rings is 1. The van der Waals surface area contributed by atoms with Gasteiger partial charge in [0.15, 0.2) is 5.96 Å². The maximum absolute atomic E-state index is 13.4. The van der Waals surface area contributed by atoms with Crippen molar-refractivity contribution in [2.45, 2.75) is 44.9 Å². The molecular weight excluding hydrogens is 397 g/mol. The SMILES string of the molecule is CCN1CCCC1CNC(=NCC(=O)N(C)C)N1CC(C)OC(c2ccc(F)cc2)C1. The number of aliphatic imine (C=N–C) groups is 1. The number of hydrogen-bond acceptors (Lipinski definition) is 4. The number of amides is 1. The van der Waals surface area contributed by atoms with E-state index < -0.39 is 0 Å². The largest absolute Gasteiger partial charge is 0.367 e. The van der Waals surface area contributed by atoms with E-state index >= 15 is 0 Å². The molecule has 0 aliphatic carbocycles. The number of nitrogens with zero attached hydrogens (tertiary/aromatic N) is 4. The summed E-state index contributed by atoms with van der Waals surface area (Å²) in [4.78, 5) is 23.0. The van der Waals surface area contributed by atoms with E-state index in [0.717, 1.165) is 31.2 Å². The average molecular weight is 434 g/mol. The number of carbonyl (C=O) groups is 1. The second-order valence-corrected chi connectivity index (χ2v) is 8.63. The number of nitrogens with one attached hydrogen (secondary N) is 1. The van der Waals surface area contributed by atoms with E-state index in [9.17, 15) is 9.18 Å². The van der Waals surface area contributed by atoms with Gasteiger partial charge in [-0.1, -0.05) is 19.1 Å². The van der Waals surface area contributed by atoms with Crippen LogP contribution in [0.4, 0.5) is 4.39 Å². The first-order valence-electron chi connectivity index (χ1n) is 11.3. The number of hydrogen-bond donors (Lipinski definition) is 1. The fourth-order valence-corrected chi connectivity index (χ4v) is 4.29. The van der Waals surface area contributed by atoms with Crippen LogP contribution in [0.3, 0.4) is 0 Å². The molecule has 31 heavy (non-hydrogen) atoms. The van der Waals surface area contributed by atoms with Crippen molar-refractivity contribution in [2.24, 2.45) is 4.99 Å². The maximum Gasteiger partial charge on any atom is 0.243 e. The second-order valence-electron chi connectivity index (χ2n) is 8.63. The Hall–Kier alpha value is -2.19. The van der Waals surface area contributed by atoms with Crippen molar-refractivity contribution < 1.29 is 13.9 Å². The highest BCUT2D eigenvalue weighted by Crippen LogP contribution is 2.25. The molecule has 0 aromatic heterocycles. The summed E-state index contributed by atoms with van der Waals surface area (Å²) in [6, 6.07) is 6.95. The molecule has 3 atom stereocenters. The number of carbonyl (C=O) groups excluding carboxylic acids is 1. The summed E-state index contributed by atoms with van der Waals surface area (Å²) in [6.07, 6.45) is 2.19. The molecule has 1 aromatic carbocycles. The molecule has 7 nitrogen and oxygen atoms in total. The monoisotopic (exact) mass is 433 g/mol. The van der Waals surface area contributed by atoms with Crippen molar-refractivity contribution >= 4 is 11.9 Å². The maximum atomic E-state index is 13.4. The smallest absolute Gasteiger partial charge is 0.243 e. The van der Waals surface area contributed by atoms with Crippen LogP contribution in [0, 0.1) is 5.82 Å². The van der Waals surface area contributed by atoms with Gasteiger partial charge >= 0.3 is 0 Å². The standard InChI is InChI=1S/C23H36FN5O2/c1-5-28-12-6-7-20(28)13-25-23(26-14-22(30)27(3)4)29-15-17(2)31-21(16-29)18-8-10-19(24)11-9-18/h8-11,17,20-21H,5-7,12-16H2,1-4H3,(H,25,26). The predicted octanol–water partition coefficient (Wildman–Crippen LogP) is 2.11. The third-order valence-electron chi connectivity index (χ3n) is 6.07. The van der Waals surface area contributed by atoms with Crippen LogP contribution in [0.15, 0.2) is 29.3 Å². The minimum atomic E-state index is -0.257. The Bertz CT molecular complexity index is 755. The van der Waals surface area contributed by atoms with Gasteiger partial charge in [0.25, 0.3) is 0 Å². The third-order valence-corrected chi connectivity index (χ3v) is 6.07. The Balaban J connectivity index is 1.74. The lowest BCUT2D eigenvalue weighted by Gasteiger charge is -2.39. The van der Waals surface area contributed by atoms with Gasteiger partial charge in [-0.3, -0.25) is 9.69 Å². The molecule has 0 saturated carbocycles. The van der Waals surface area contributed by atoms with Gasteiger partial charge in [0.05, 0.1) is 12.6 Å². The van der Waals surface area contributed by atoms with Crippen LogP contribution in [-0.4, -0.2) is 92.1 Å². The van der Waals surface area contributed by atoms with Gasteiger partial charge in [-0.15, -0.1) is 0 Å². The molecule has 2 saturated heterocycles. The lowest BCUT2D eigenvalue weighted by atomic mass is 10.1. The number of likely N-dealkylation sites (N-methyl/N-ethyl adjacent to an activating group) is 2. The lowest BCUT2D eigenvalue weighted by Crippen LogP contribution is -2.53. The molecule has 1 aromatic rings. The first-order chi connectivity index (χ1) is 14.9. The van der Waals surface area contributed by atoms with Gasteiger partial charge in [0.2, 0.25) is 5.91 Å². The first kappa shape index (κ1) is 23.5. The minimum absolute atomic E-state index is 0.0148. The lowest BCUT2D eigenvalue weighted by molar-refractivity contribution is -0.127. The molecule has 0 bridgehead atoms. The molecule has 3 unspecified atom stereocenters. The molecule has 0 spiro atoms. The van der Waals surface area contributed by atoms with Gasteiger partial charge in [-0.2, -0.15) is 0 Å². The van der Waals surface area contributed by atoms with Gasteiger partial charge in [0, 0.05) is 33.2 Å². The van der Waals surface area contributed by atoms with Crippen molar-refractivity contribution in [3.8, 4) is 0 Å². The summed E-state index contributed by atoms with van der Waals surface area (Å²) < 4.78 is 19.5. The van der Waals surface area contributed by atoms with Crippen LogP contribution < -0.4 is 5.32 Å². The topological polar surface area (TPSA) is 60.4 Å². The Morgan fingerprint density at radius 3 is 2.71 bits per heavy atom. The highest BCUT2D eigenvalue weighted by molar-refractivity contribution is 5.85. The minimum Gasteiger partial charge on any atom is -0.367 e. The van der Waals surface area contributed by atoms with E-state index in [4.69, 9.17) is 4.74 Å². The molecule has 8 heteroatoms. The summed E-state index contributed by atoms with van der Waals surface area (Å²) in [7, 11) is 3.48. The molecule has 0 radical (unpaired) electrons. The zero-order valence-corrected chi connectivity index (χ0v) is 19.2. The number of rotatable bonds is 6. The second kappa shape index (κ2) is 10.9. The normalized spacial score (nSPS) is 25.0. The van der Waals surface area contributed by atoms with E-state index in [-0.39, 0.29) is 30.5 Å². The molecular formula is C23H36FN5O2. The van der Waals surface area contributed by atoms with Gasteiger partial charge in [-0.05, 0) is 50.6 Å². The number of likely N-dealkylation sites (tertiary alicyclic amines) is 1. The van der Waals surface area contributed by atoms with Crippen LogP contribution in [0.5, 0.6) is 0 Å². The van der Waals surface area contributed by atoms with E-state index in [1.54, 1.807) is 31.1 Å². The highest BCUT2D eigenvalue weighted by atomic mass is 19.1. The summed E-state index contributed by atoms with van der Waals surface area (Å²) in [6.45, 7) is 8.58. The fraction of sp³-hybridized carbons (Fsp3) is 0.652. The van der Waals surface area contributed by atoms with E-state index in [0.29, 0.717) is 19.1 Å². The summed E-state index contributed by atoms with van der Waals surface area (Å²) in [5.41, 5.74) is 0.939. The number of benzene rings is 1. The van der Waals surface area contributed by atoms with Gasteiger partial charge < -0.3 is 19.9 Å². The zero-order chi connectivity index (χ0) is 22.4. The Morgan fingerprint density at radius 1 is 1.29 bits per heavy atom. The first-order valence-corrected chi connectivity index (χ1v) is 11.3. The molecule has 2 fully saturated rings. The van der Waals surface area contributed by atoms with Crippen LogP contribution in [0.25, 0.3) is 0 Å². The van der Waals surface area contributed by atoms with Crippen LogP contribution in [0.2, 0.25) is 0 Å². The molecule has 1 amide bonds. The molecule has 172 valence electrons. The van der Waals surface area contributed by atoms with Crippen molar-refractivity contribution in [2.75, 3.05) is 53.4 Å². The molecule has 2 aliphatic heterocycles. The Labute approximate surface area is 185 Å². The van der Waals surface area contributed by atoms with Gasteiger partial charge in [-0.25, -0.2) is 9.38 Å². The Morgan fingerprint density at radius 2 is 2.03 bits per heavy atom. The number of ether oxygens (including phenoxy) is 1. The van der Waals surface area contributed by atoms with Crippen molar-refractivity contribution in [3.05, 3.63) is 35.6 Å².